The van der Waals surface area contributed by atoms with Crippen LogP contribution in [-0.4, -0.2) is 25.0 Å². The summed E-state index contributed by atoms with van der Waals surface area (Å²) in [6, 6.07) is 17.5. The van der Waals surface area contributed by atoms with Crippen molar-refractivity contribution in [3.05, 3.63) is 71.5 Å². The number of hydrogen-bond acceptors (Lipinski definition) is 2. The average molecular weight is 286 g/mol. The van der Waals surface area contributed by atoms with E-state index in [9.17, 15) is 4.39 Å². The first kappa shape index (κ1) is 15.7. The fourth-order valence-electron chi connectivity index (χ4n) is 2.52. The highest BCUT2D eigenvalue weighted by molar-refractivity contribution is 5.21. The van der Waals surface area contributed by atoms with E-state index in [1.165, 1.54) is 11.6 Å². The van der Waals surface area contributed by atoms with Gasteiger partial charge < -0.3 is 5.32 Å². The van der Waals surface area contributed by atoms with Crippen molar-refractivity contribution in [3.63, 3.8) is 0 Å². The monoisotopic (exact) mass is 286 g/mol. The Morgan fingerprint density at radius 3 is 2.52 bits per heavy atom. The molecule has 21 heavy (non-hydrogen) atoms. The molecule has 0 saturated carbocycles. The molecule has 0 bridgehead atoms. The summed E-state index contributed by atoms with van der Waals surface area (Å²) in [6.07, 6.45) is 0. The molecular weight excluding hydrogens is 263 g/mol. The van der Waals surface area contributed by atoms with Crippen LogP contribution in [0.25, 0.3) is 0 Å². The molecule has 0 aliphatic heterocycles. The fraction of sp³-hybridized carbons (Fsp3) is 0.333. The Kier molecular flexibility index (Phi) is 5.90. The summed E-state index contributed by atoms with van der Waals surface area (Å²) in [6.45, 7) is 4.65. The number of rotatable bonds is 7. The minimum absolute atomic E-state index is 0.177. The molecule has 2 rings (SSSR count). The summed E-state index contributed by atoms with van der Waals surface area (Å²) in [4.78, 5) is 2.26. The van der Waals surface area contributed by atoms with E-state index < -0.39 is 0 Å². The van der Waals surface area contributed by atoms with Gasteiger partial charge in [0.2, 0.25) is 0 Å². The maximum atomic E-state index is 13.3. The third-order valence-electron chi connectivity index (χ3n) is 3.63. The zero-order valence-electron chi connectivity index (χ0n) is 12.7. The lowest BCUT2D eigenvalue weighted by molar-refractivity contribution is 0.230. The van der Waals surface area contributed by atoms with Crippen LogP contribution in [-0.2, 0) is 6.54 Å². The van der Waals surface area contributed by atoms with Gasteiger partial charge in [-0.05, 0) is 36.9 Å². The molecule has 2 aromatic rings. The largest absolute Gasteiger partial charge is 0.315 e. The number of halogens is 1. The third kappa shape index (κ3) is 4.66. The minimum Gasteiger partial charge on any atom is -0.315 e. The zero-order valence-corrected chi connectivity index (χ0v) is 12.7. The van der Waals surface area contributed by atoms with Crippen LogP contribution in [0.4, 0.5) is 4.39 Å². The lowest BCUT2D eigenvalue weighted by atomic mass is 10.0. The van der Waals surface area contributed by atoms with Gasteiger partial charge in [0.15, 0.2) is 0 Å². The van der Waals surface area contributed by atoms with Gasteiger partial charge in [0.05, 0.1) is 0 Å². The SMILES string of the molecule is CCNCC(c1ccccc1)N(C)Cc1cccc(F)c1. The predicted octanol–water partition coefficient (Wildman–Crippen LogP) is 3.61. The van der Waals surface area contributed by atoms with Crippen LogP contribution in [0.15, 0.2) is 54.6 Å². The van der Waals surface area contributed by atoms with E-state index in [0.29, 0.717) is 0 Å². The molecular formula is C18H23FN2. The van der Waals surface area contributed by atoms with Gasteiger partial charge in [-0.15, -0.1) is 0 Å². The number of nitrogens with zero attached hydrogens (tertiary/aromatic N) is 1. The van der Waals surface area contributed by atoms with Gasteiger partial charge in [0, 0.05) is 19.1 Å². The van der Waals surface area contributed by atoms with Crippen LogP contribution in [0.3, 0.4) is 0 Å². The van der Waals surface area contributed by atoms with Crippen LogP contribution >= 0.6 is 0 Å². The summed E-state index contributed by atoms with van der Waals surface area (Å²) in [5, 5.41) is 3.41. The van der Waals surface area contributed by atoms with E-state index >= 15 is 0 Å². The number of hydrogen-bond donors (Lipinski definition) is 1. The second-order valence-electron chi connectivity index (χ2n) is 5.28. The van der Waals surface area contributed by atoms with Crippen LogP contribution in [0.1, 0.15) is 24.1 Å². The molecule has 1 N–H and O–H groups in total. The molecule has 0 aliphatic carbocycles. The fourth-order valence-corrected chi connectivity index (χ4v) is 2.52. The Bertz CT molecular complexity index is 542. The standard InChI is InChI=1S/C18H23FN2/c1-3-20-13-18(16-9-5-4-6-10-16)21(2)14-15-8-7-11-17(19)12-15/h4-12,18,20H,3,13-14H2,1-2H3. The van der Waals surface area contributed by atoms with Gasteiger partial charge in [-0.25, -0.2) is 4.39 Å². The molecule has 0 amide bonds. The molecule has 2 aromatic carbocycles. The quantitative estimate of drug-likeness (QED) is 0.836. The van der Waals surface area contributed by atoms with E-state index in [0.717, 1.165) is 25.2 Å². The Morgan fingerprint density at radius 1 is 1.10 bits per heavy atom. The van der Waals surface area contributed by atoms with E-state index in [-0.39, 0.29) is 11.9 Å². The first-order chi connectivity index (χ1) is 10.2. The summed E-state index contributed by atoms with van der Waals surface area (Å²) in [5.41, 5.74) is 2.27. The Labute approximate surface area is 126 Å². The molecule has 0 spiro atoms. The molecule has 0 radical (unpaired) electrons. The molecule has 112 valence electrons. The third-order valence-corrected chi connectivity index (χ3v) is 3.63. The van der Waals surface area contributed by atoms with Crippen molar-refractivity contribution in [1.29, 1.82) is 0 Å². The molecule has 1 atom stereocenters. The maximum Gasteiger partial charge on any atom is 0.123 e. The molecule has 0 fully saturated rings. The molecule has 0 aliphatic rings. The lowest BCUT2D eigenvalue weighted by Gasteiger charge is -2.29. The molecule has 3 heteroatoms. The molecule has 0 aromatic heterocycles. The van der Waals surface area contributed by atoms with E-state index in [2.05, 4.69) is 48.5 Å². The average Bonchev–Trinajstić information content (AvgIpc) is 2.49. The Balaban J connectivity index is 2.12. The summed E-state index contributed by atoms with van der Waals surface area (Å²) in [7, 11) is 2.08. The van der Waals surface area contributed by atoms with E-state index in [1.54, 1.807) is 12.1 Å². The van der Waals surface area contributed by atoms with Crippen molar-refractivity contribution in [2.75, 3.05) is 20.1 Å². The van der Waals surface area contributed by atoms with Gasteiger partial charge in [0.25, 0.3) is 0 Å². The van der Waals surface area contributed by atoms with Crippen molar-refractivity contribution in [1.82, 2.24) is 10.2 Å². The molecule has 0 saturated heterocycles. The predicted molar refractivity (Wildman–Crippen MR) is 85.6 cm³/mol. The number of nitrogens with one attached hydrogen (secondary N) is 1. The normalized spacial score (nSPS) is 12.6. The molecule has 0 heterocycles. The van der Waals surface area contributed by atoms with E-state index in [4.69, 9.17) is 0 Å². The van der Waals surface area contributed by atoms with Crippen LogP contribution < -0.4 is 5.32 Å². The van der Waals surface area contributed by atoms with Crippen LogP contribution in [0, 0.1) is 5.82 Å². The van der Waals surface area contributed by atoms with Crippen LogP contribution in [0.2, 0.25) is 0 Å². The highest BCUT2D eigenvalue weighted by Crippen LogP contribution is 2.20. The van der Waals surface area contributed by atoms with Gasteiger partial charge in [-0.3, -0.25) is 4.90 Å². The number of benzene rings is 2. The summed E-state index contributed by atoms with van der Waals surface area (Å²) < 4.78 is 13.3. The lowest BCUT2D eigenvalue weighted by Crippen LogP contribution is -2.33. The maximum absolute atomic E-state index is 13.3. The summed E-state index contributed by atoms with van der Waals surface area (Å²) >= 11 is 0. The number of likely N-dealkylation sites (N-methyl/N-ethyl adjacent to an activating group) is 2. The Hall–Kier alpha value is -1.71. The van der Waals surface area contributed by atoms with Gasteiger partial charge in [-0.1, -0.05) is 49.4 Å². The second-order valence-corrected chi connectivity index (χ2v) is 5.28. The van der Waals surface area contributed by atoms with Crippen LogP contribution in [0.5, 0.6) is 0 Å². The van der Waals surface area contributed by atoms with Gasteiger partial charge >= 0.3 is 0 Å². The minimum atomic E-state index is -0.177. The highest BCUT2D eigenvalue weighted by Gasteiger charge is 2.16. The topological polar surface area (TPSA) is 15.3 Å². The van der Waals surface area contributed by atoms with Crippen molar-refractivity contribution in [2.45, 2.75) is 19.5 Å². The first-order valence-corrected chi connectivity index (χ1v) is 7.41. The van der Waals surface area contributed by atoms with Gasteiger partial charge in [0.1, 0.15) is 5.82 Å². The second kappa shape index (κ2) is 7.91. The van der Waals surface area contributed by atoms with E-state index in [1.807, 2.05) is 12.1 Å². The van der Waals surface area contributed by atoms with Crippen molar-refractivity contribution in [2.24, 2.45) is 0 Å². The van der Waals surface area contributed by atoms with Crippen molar-refractivity contribution < 1.29 is 4.39 Å². The summed E-state index contributed by atoms with van der Waals surface area (Å²) in [5.74, 6) is -0.177. The molecule has 2 nitrogen and oxygen atoms in total. The Morgan fingerprint density at radius 2 is 1.86 bits per heavy atom. The van der Waals surface area contributed by atoms with Crippen molar-refractivity contribution >= 4 is 0 Å². The molecule has 1 unspecified atom stereocenters. The smallest absolute Gasteiger partial charge is 0.123 e. The highest BCUT2D eigenvalue weighted by atomic mass is 19.1. The first-order valence-electron chi connectivity index (χ1n) is 7.41. The van der Waals surface area contributed by atoms with Crippen molar-refractivity contribution in [3.8, 4) is 0 Å². The zero-order chi connectivity index (χ0) is 15.1. The van der Waals surface area contributed by atoms with Gasteiger partial charge in [-0.2, -0.15) is 0 Å².